The van der Waals surface area contributed by atoms with E-state index in [1.165, 1.54) is 7.11 Å². The number of methoxy groups -OCH3 is 1. The Hall–Kier alpha value is -1.08. The molecule has 9 N–H and O–H groups in total. The Balaban J connectivity index is 1.16. The van der Waals surface area contributed by atoms with Crippen molar-refractivity contribution in [3.8, 4) is 0 Å². The van der Waals surface area contributed by atoms with Crippen LogP contribution in [-0.4, -0.2) is 152 Å². The fourth-order valence-electron chi connectivity index (χ4n) is 12.1. The summed E-state index contributed by atoms with van der Waals surface area (Å²) >= 11 is 0. The van der Waals surface area contributed by atoms with E-state index in [2.05, 4.69) is 39.8 Å². The van der Waals surface area contributed by atoms with Crippen LogP contribution in [0.1, 0.15) is 73.6 Å². The normalized spacial score (nSPS) is 50.6. The standard InChI is InChI=1S/C41H68O14/c1-19(2)23(21(4)16-52-37-34(49)30(45)26(43)17-53-37)9-8-20(3)29-32(47)33(48)36-40(29,6)13-11-28-39(5)12-10-22(14-24(39)25(42)15-41(28,36)50)55-38-35(51-7)31(46)27(44)18-54-38/h8-9,14,19-23,25-38,42-50H,10-13,15-18H2,1-7H3. The Morgan fingerprint density at radius 1 is 0.818 bits per heavy atom. The number of aliphatic hydroxyl groups excluding tert-OH is 8. The molecule has 2 saturated heterocycles. The largest absolute Gasteiger partial charge is 0.390 e. The lowest BCUT2D eigenvalue weighted by atomic mass is 9.43. The van der Waals surface area contributed by atoms with Gasteiger partial charge in [0.2, 0.25) is 0 Å². The number of hydrogen-bond donors (Lipinski definition) is 9. The smallest absolute Gasteiger partial charge is 0.187 e. The summed E-state index contributed by atoms with van der Waals surface area (Å²) in [5.41, 5.74) is -1.89. The second kappa shape index (κ2) is 16.5. The van der Waals surface area contributed by atoms with Crippen LogP contribution < -0.4 is 0 Å². The third-order valence-corrected chi connectivity index (χ3v) is 14.9. The van der Waals surface area contributed by atoms with Gasteiger partial charge in [-0.15, -0.1) is 0 Å². The van der Waals surface area contributed by atoms with Crippen LogP contribution in [-0.2, 0) is 23.7 Å². The molecule has 5 fully saturated rings. The zero-order valence-electron chi connectivity index (χ0n) is 33.4. The lowest BCUT2D eigenvalue weighted by Crippen LogP contribution is -2.66. The van der Waals surface area contributed by atoms with Gasteiger partial charge < -0.3 is 69.6 Å². The summed E-state index contributed by atoms with van der Waals surface area (Å²) in [5, 5.41) is 99.0. The summed E-state index contributed by atoms with van der Waals surface area (Å²) in [4.78, 5) is 0. The maximum absolute atomic E-state index is 12.8. The molecule has 21 unspecified atom stereocenters. The van der Waals surface area contributed by atoms with E-state index in [1.54, 1.807) is 0 Å². The highest BCUT2D eigenvalue weighted by atomic mass is 16.7. The van der Waals surface area contributed by atoms with Crippen LogP contribution in [0.25, 0.3) is 0 Å². The highest BCUT2D eigenvalue weighted by Crippen LogP contribution is 2.69. The van der Waals surface area contributed by atoms with Crippen molar-refractivity contribution in [1.82, 2.24) is 0 Å². The molecule has 0 aromatic heterocycles. The van der Waals surface area contributed by atoms with Crippen molar-refractivity contribution < 1.29 is 69.6 Å². The Morgan fingerprint density at radius 3 is 2.13 bits per heavy atom. The molecule has 0 bridgehead atoms. The van der Waals surface area contributed by atoms with Crippen LogP contribution in [0.2, 0.25) is 0 Å². The molecule has 3 saturated carbocycles. The molecule has 2 aliphatic heterocycles. The molecule has 14 nitrogen and oxygen atoms in total. The monoisotopic (exact) mass is 784 g/mol. The van der Waals surface area contributed by atoms with Gasteiger partial charge in [0.05, 0.1) is 49.8 Å². The van der Waals surface area contributed by atoms with Gasteiger partial charge in [-0.1, -0.05) is 59.8 Å². The minimum atomic E-state index is -1.44. The molecular weight excluding hydrogens is 716 g/mol. The molecule has 21 atom stereocenters. The molecule has 2 heterocycles. The number of fused-ring (bicyclic) bond motifs is 5. The highest BCUT2D eigenvalue weighted by Gasteiger charge is 2.72. The van der Waals surface area contributed by atoms with Crippen LogP contribution >= 0.6 is 0 Å². The van der Waals surface area contributed by atoms with Crippen LogP contribution in [0.4, 0.5) is 0 Å². The summed E-state index contributed by atoms with van der Waals surface area (Å²) in [6, 6.07) is 0. The van der Waals surface area contributed by atoms with Crippen molar-refractivity contribution >= 4 is 0 Å². The average molecular weight is 785 g/mol. The third-order valence-electron chi connectivity index (χ3n) is 14.9. The summed E-state index contributed by atoms with van der Waals surface area (Å²) in [5.74, 6) is -1.23. The fourth-order valence-corrected chi connectivity index (χ4v) is 12.1. The van der Waals surface area contributed by atoms with E-state index in [1.807, 2.05) is 19.9 Å². The Kier molecular flexibility index (Phi) is 13.1. The second-order valence-corrected chi connectivity index (χ2v) is 18.6. The van der Waals surface area contributed by atoms with Gasteiger partial charge in [-0.2, -0.15) is 0 Å². The number of allylic oxidation sites excluding steroid dienone is 2. The molecule has 0 amide bonds. The predicted octanol–water partition coefficient (Wildman–Crippen LogP) is 0.627. The van der Waals surface area contributed by atoms with Crippen LogP contribution in [0, 0.1) is 52.3 Å². The van der Waals surface area contributed by atoms with E-state index < -0.39 is 96.0 Å². The molecule has 0 radical (unpaired) electrons. The van der Waals surface area contributed by atoms with Crippen molar-refractivity contribution in [3.63, 3.8) is 0 Å². The van der Waals surface area contributed by atoms with Gasteiger partial charge in [-0.25, -0.2) is 0 Å². The quantitative estimate of drug-likeness (QED) is 0.131. The van der Waals surface area contributed by atoms with Crippen molar-refractivity contribution in [1.29, 1.82) is 0 Å². The van der Waals surface area contributed by atoms with Gasteiger partial charge in [0.25, 0.3) is 0 Å². The maximum Gasteiger partial charge on any atom is 0.187 e. The first-order valence-corrected chi connectivity index (χ1v) is 20.4. The molecule has 6 aliphatic rings. The number of hydrogen-bond acceptors (Lipinski definition) is 14. The van der Waals surface area contributed by atoms with E-state index >= 15 is 0 Å². The van der Waals surface area contributed by atoms with Gasteiger partial charge in [0.1, 0.15) is 36.6 Å². The van der Waals surface area contributed by atoms with E-state index in [-0.39, 0.29) is 61.7 Å². The minimum Gasteiger partial charge on any atom is -0.390 e. The summed E-state index contributed by atoms with van der Waals surface area (Å²) < 4.78 is 28.6. The minimum absolute atomic E-state index is 0.00915. The first-order valence-electron chi connectivity index (χ1n) is 20.4. The SMILES string of the molecule is COC1C(OC2C=C3C(O)CC4(O)C(CCC5(C)C(C(C)C=CC(C(C)C)C(C)COC6OCC(O)C(O)C6O)C(O)C(O)C54)C3(C)CC2)OCC(O)C1O. The van der Waals surface area contributed by atoms with E-state index in [0.717, 1.165) is 5.57 Å². The van der Waals surface area contributed by atoms with Gasteiger partial charge >= 0.3 is 0 Å². The van der Waals surface area contributed by atoms with Crippen LogP contribution in [0.3, 0.4) is 0 Å². The molecule has 14 heteroatoms. The van der Waals surface area contributed by atoms with Gasteiger partial charge in [0.15, 0.2) is 12.6 Å². The molecular formula is C41H68O14. The zero-order valence-corrected chi connectivity index (χ0v) is 33.4. The number of aliphatic hydroxyl groups is 9. The maximum atomic E-state index is 12.8. The van der Waals surface area contributed by atoms with Gasteiger partial charge in [-0.05, 0) is 77.6 Å². The molecule has 316 valence electrons. The molecule has 0 spiro atoms. The molecule has 0 aromatic rings. The number of rotatable bonds is 11. The summed E-state index contributed by atoms with van der Waals surface area (Å²) in [7, 11) is 1.42. The Morgan fingerprint density at radius 2 is 1.47 bits per heavy atom. The van der Waals surface area contributed by atoms with Gasteiger partial charge in [-0.3, -0.25) is 0 Å². The number of ether oxygens (including phenoxy) is 5. The fraction of sp³-hybridized carbons (Fsp3) is 0.902. The third kappa shape index (κ3) is 7.65. The topological polar surface area (TPSA) is 228 Å². The van der Waals surface area contributed by atoms with E-state index in [9.17, 15) is 46.0 Å². The van der Waals surface area contributed by atoms with Crippen molar-refractivity contribution in [3.05, 3.63) is 23.8 Å². The molecule has 6 rings (SSSR count). The first kappa shape index (κ1) is 43.5. The summed E-state index contributed by atoms with van der Waals surface area (Å²) in [6.45, 7) is 12.5. The lowest BCUT2D eigenvalue weighted by Gasteiger charge is -2.63. The van der Waals surface area contributed by atoms with Crippen LogP contribution in [0.5, 0.6) is 0 Å². The highest BCUT2D eigenvalue weighted by molar-refractivity contribution is 5.33. The molecule has 55 heavy (non-hydrogen) atoms. The molecule has 4 aliphatic carbocycles. The molecule has 0 aromatic carbocycles. The van der Waals surface area contributed by atoms with Gasteiger partial charge in [0, 0.05) is 19.4 Å². The second-order valence-electron chi connectivity index (χ2n) is 18.6. The van der Waals surface area contributed by atoms with E-state index in [0.29, 0.717) is 25.7 Å². The van der Waals surface area contributed by atoms with Crippen molar-refractivity contribution in [2.45, 2.75) is 153 Å². The first-order chi connectivity index (χ1) is 25.8. The predicted molar refractivity (Wildman–Crippen MR) is 198 cm³/mol. The lowest BCUT2D eigenvalue weighted by molar-refractivity contribution is -0.285. The van der Waals surface area contributed by atoms with Crippen molar-refractivity contribution in [2.75, 3.05) is 26.9 Å². The average Bonchev–Trinajstić information content (AvgIpc) is 3.33. The van der Waals surface area contributed by atoms with Crippen molar-refractivity contribution in [2.24, 2.45) is 52.3 Å². The Labute approximate surface area is 325 Å². The van der Waals surface area contributed by atoms with Crippen LogP contribution in [0.15, 0.2) is 23.8 Å². The zero-order chi connectivity index (χ0) is 40.4. The Bertz CT molecular complexity index is 1380. The van der Waals surface area contributed by atoms with E-state index in [4.69, 9.17) is 23.7 Å². The summed E-state index contributed by atoms with van der Waals surface area (Å²) in [6.07, 6.45) is -4.09.